The number of benzene rings is 3. The summed E-state index contributed by atoms with van der Waals surface area (Å²) in [6.07, 6.45) is 0.338. The van der Waals surface area contributed by atoms with Crippen molar-refractivity contribution in [1.82, 2.24) is 0 Å². The second kappa shape index (κ2) is 7.62. The number of hydrogen-bond donors (Lipinski definition) is 0. The van der Waals surface area contributed by atoms with Gasteiger partial charge in [-0.2, -0.15) is 0 Å². The minimum atomic E-state index is -0.366. The second-order valence-electron chi connectivity index (χ2n) is 6.58. The minimum Gasteiger partial charge on any atom is -0.489 e. The molecule has 136 valence electrons. The lowest BCUT2D eigenvalue weighted by Crippen LogP contribution is -2.38. The van der Waals surface area contributed by atoms with Crippen molar-refractivity contribution in [2.45, 2.75) is 12.3 Å². The molecule has 0 saturated carbocycles. The molecule has 4 heteroatoms. The second-order valence-corrected chi connectivity index (χ2v) is 6.58. The minimum absolute atomic E-state index is 0.00358. The van der Waals surface area contributed by atoms with Gasteiger partial charge in [-0.3, -0.25) is 4.79 Å². The Kier molecular flexibility index (Phi) is 4.88. The predicted octanol–water partition coefficient (Wildman–Crippen LogP) is 4.77. The zero-order chi connectivity index (χ0) is 18.6. The van der Waals surface area contributed by atoms with Crippen LogP contribution in [0.2, 0.25) is 0 Å². The van der Waals surface area contributed by atoms with Gasteiger partial charge in [-0.15, -0.1) is 0 Å². The lowest BCUT2D eigenvalue weighted by Gasteiger charge is -2.31. The molecule has 4 rings (SSSR count). The van der Waals surface area contributed by atoms with E-state index >= 15 is 0 Å². The molecule has 0 aliphatic carbocycles. The van der Waals surface area contributed by atoms with Crippen molar-refractivity contribution < 1.29 is 13.9 Å². The van der Waals surface area contributed by atoms with Gasteiger partial charge in [0, 0.05) is 18.4 Å². The van der Waals surface area contributed by atoms with E-state index in [0.29, 0.717) is 31.0 Å². The highest BCUT2D eigenvalue weighted by molar-refractivity contribution is 5.96. The molecule has 0 atom stereocenters. The van der Waals surface area contributed by atoms with Crippen LogP contribution in [0.25, 0.3) is 0 Å². The van der Waals surface area contributed by atoms with Crippen LogP contribution in [-0.2, 0) is 4.79 Å². The van der Waals surface area contributed by atoms with Crippen LogP contribution < -0.4 is 9.64 Å². The lowest BCUT2D eigenvalue weighted by molar-refractivity contribution is -0.119. The maximum Gasteiger partial charge on any atom is 0.228 e. The molecule has 0 unspecified atom stereocenters. The fraction of sp³-hybridized carbons (Fsp3) is 0.174. The molecule has 1 aliphatic rings. The molecule has 0 aromatic heterocycles. The normalized spacial score (nSPS) is 13.2. The van der Waals surface area contributed by atoms with Gasteiger partial charge in [0.05, 0.1) is 12.2 Å². The number of rotatable bonds is 4. The largest absolute Gasteiger partial charge is 0.489 e. The Balaban J connectivity index is 1.64. The van der Waals surface area contributed by atoms with E-state index in [0.717, 1.165) is 11.1 Å². The van der Waals surface area contributed by atoms with Gasteiger partial charge in [-0.25, -0.2) is 4.39 Å². The smallest absolute Gasteiger partial charge is 0.228 e. The number of amides is 1. The average Bonchev–Trinajstić information content (AvgIpc) is 2.72. The van der Waals surface area contributed by atoms with Gasteiger partial charge < -0.3 is 9.64 Å². The summed E-state index contributed by atoms with van der Waals surface area (Å²) in [5.41, 5.74) is 2.84. The molecule has 1 heterocycles. The van der Waals surface area contributed by atoms with Crippen molar-refractivity contribution >= 4 is 11.6 Å². The highest BCUT2D eigenvalue weighted by Gasteiger charge is 2.27. The summed E-state index contributed by atoms with van der Waals surface area (Å²) in [7, 11) is 0. The van der Waals surface area contributed by atoms with Crippen molar-refractivity contribution in [2.24, 2.45) is 0 Å². The molecule has 0 N–H and O–H groups in total. The van der Waals surface area contributed by atoms with Gasteiger partial charge in [-0.1, -0.05) is 60.7 Å². The van der Waals surface area contributed by atoms with E-state index in [-0.39, 0.29) is 17.6 Å². The van der Waals surface area contributed by atoms with E-state index in [1.165, 1.54) is 12.1 Å². The first kappa shape index (κ1) is 17.3. The Bertz CT molecular complexity index is 888. The Morgan fingerprint density at radius 3 is 2.22 bits per heavy atom. The zero-order valence-electron chi connectivity index (χ0n) is 14.8. The quantitative estimate of drug-likeness (QED) is 0.670. The van der Waals surface area contributed by atoms with Crippen molar-refractivity contribution in [3.63, 3.8) is 0 Å². The van der Waals surface area contributed by atoms with E-state index in [9.17, 15) is 9.18 Å². The highest BCUT2D eigenvalue weighted by Crippen LogP contribution is 2.35. The van der Waals surface area contributed by atoms with E-state index < -0.39 is 0 Å². The van der Waals surface area contributed by atoms with Crippen molar-refractivity contribution in [1.29, 1.82) is 0 Å². The third kappa shape index (κ3) is 3.70. The van der Waals surface area contributed by atoms with E-state index in [1.54, 1.807) is 11.0 Å². The molecule has 0 fully saturated rings. The Morgan fingerprint density at radius 2 is 1.59 bits per heavy atom. The van der Waals surface area contributed by atoms with Crippen LogP contribution in [0.1, 0.15) is 23.5 Å². The lowest BCUT2D eigenvalue weighted by atomic mass is 9.88. The van der Waals surface area contributed by atoms with Crippen molar-refractivity contribution in [2.75, 3.05) is 18.1 Å². The van der Waals surface area contributed by atoms with Gasteiger partial charge in [0.1, 0.15) is 18.2 Å². The average molecular weight is 361 g/mol. The fourth-order valence-electron chi connectivity index (χ4n) is 3.54. The van der Waals surface area contributed by atoms with Gasteiger partial charge in [0.25, 0.3) is 0 Å². The summed E-state index contributed by atoms with van der Waals surface area (Å²) >= 11 is 0. The maximum absolute atomic E-state index is 13.5. The summed E-state index contributed by atoms with van der Waals surface area (Å²) in [4.78, 5) is 14.9. The molecule has 3 nitrogen and oxygen atoms in total. The Morgan fingerprint density at radius 1 is 0.963 bits per heavy atom. The van der Waals surface area contributed by atoms with Crippen molar-refractivity contribution in [3.05, 3.63) is 95.8 Å². The molecule has 0 spiro atoms. The SMILES string of the molecule is O=C(CC(c1ccccc1)c1ccccc1)N1CCOc2cc(F)ccc21. The molecule has 0 saturated heterocycles. The number of carbonyl (C=O) groups is 1. The van der Waals surface area contributed by atoms with Crippen LogP contribution in [0, 0.1) is 5.82 Å². The van der Waals surface area contributed by atoms with E-state index in [4.69, 9.17) is 4.74 Å². The number of ether oxygens (including phenoxy) is 1. The van der Waals surface area contributed by atoms with Crippen molar-refractivity contribution in [3.8, 4) is 5.75 Å². The van der Waals surface area contributed by atoms with Crippen LogP contribution >= 0.6 is 0 Å². The van der Waals surface area contributed by atoms with Crippen LogP contribution in [0.15, 0.2) is 78.9 Å². The number of anilines is 1. The summed E-state index contributed by atoms with van der Waals surface area (Å²) in [6.45, 7) is 0.831. The fourth-order valence-corrected chi connectivity index (χ4v) is 3.54. The number of nitrogens with zero attached hydrogens (tertiary/aromatic N) is 1. The van der Waals surface area contributed by atoms with E-state index in [2.05, 4.69) is 0 Å². The van der Waals surface area contributed by atoms with Crippen LogP contribution in [-0.4, -0.2) is 19.1 Å². The molecule has 0 bridgehead atoms. The van der Waals surface area contributed by atoms with E-state index in [1.807, 2.05) is 60.7 Å². The van der Waals surface area contributed by atoms with Gasteiger partial charge >= 0.3 is 0 Å². The summed E-state index contributed by atoms with van der Waals surface area (Å²) in [5.74, 6) is 0.0237. The number of halogens is 1. The van der Waals surface area contributed by atoms with Gasteiger partial charge in [-0.05, 0) is 23.3 Å². The maximum atomic E-state index is 13.5. The molecule has 3 aromatic rings. The molecule has 1 amide bonds. The topological polar surface area (TPSA) is 29.5 Å². The Hall–Kier alpha value is -3.14. The van der Waals surface area contributed by atoms with Gasteiger partial charge in [0.15, 0.2) is 0 Å². The van der Waals surface area contributed by atoms with Crippen LogP contribution in [0.3, 0.4) is 0 Å². The Labute approximate surface area is 158 Å². The molecule has 1 aliphatic heterocycles. The van der Waals surface area contributed by atoms with Crippen LogP contribution in [0.5, 0.6) is 5.75 Å². The summed E-state index contributed by atoms with van der Waals surface area (Å²) in [5, 5.41) is 0. The first-order valence-corrected chi connectivity index (χ1v) is 9.05. The number of fused-ring (bicyclic) bond motifs is 1. The monoisotopic (exact) mass is 361 g/mol. The standard InChI is InChI=1S/C23H20FNO2/c24-19-11-12-21-22(15-19)27-14-13-25(21)23(26)16-20(17-7-3-1-4-8-17)18-9-5-2-6-10-18/h1-12,15,20H,13-14,16H2. The first-order chi connectivity index (χ1) is 13.2. The highest BCUT2D eigenvalue weighted by atomic mass is 19.1. The zero-order valence-corrected chi connectivity index (χ0v) is 14.8. The third-order valence-corrected chi connectivity index (χ3v) is 4.87. The summed E-state index contributed by atoms with van der Waals surface area (Å²) in [6, 6.07) is 24.4. The predicted molar refractivity (Wildman–Crippen MR) is 104 cm³/mol. The first-order valence-electron chi connectivity index (χ1n) is 9.05. The molecule has 0 radical (unpaired) electrons. The molecular weight excluding hydrogens is 341 g/mol. The number of hydrogen-bond acceptors (Lipinski definition) is 2. The molecular formula is C23H20FNO2. The van der Waals surface area contributed by atoms with Crippen LogP contribution in [0.4, 0.5) is 10.1 Å². The number of carbonyl (C=O) groups excluding carboxylic acids is 1. The molecule has 3 aromatic carbocycles. The third-order valence-electron chi connectivity index (χ3n) is 4.87. The summed E-state index contributed by atoms with van der Waals surface area (Å²) < 4.78 is 19.0. The molecule has 27 heavy (non-hydrogen) atoms. The van der Waals surface area contributed by atoms with Gasteiger partial charge in [0.2, 0.25) is 5.91 Å².